The summed E-state index contributed by atoms with van der Waals surface area (Å²) < 4.78 is 75.6. The van der Waals surface area contributed by atoms with Crippen LogP contribution in [0.5, 0.6) is 0 Å². The van der Waals surface area contributed by atoms with Crippen LogP contribution < -0.4 is 0 Å². The van der Waals surface area contributed by atoms with Crippen LogP contribution in [-0.4, -0.2) is 75.7 Å². The van der Waals surface area contributed by atoms with E-state index in [9.17, 15) is 35.2 Å². The van der Waals surface area contributed by atoms with E-state index in [1.54, 1.807) is 0 Å². The summed E-state index contributed by atoms with van der Waals surface area (Å²) in [6, 6.07) is -0.150. The standard InChI is InChI=1S/C15H17Cl2NO8S3/c16-12-6-13(17)14(5-11(12)15(19)20)29(25,26)18(9-1-3-27(21,22)7-9)10-2-4-28(23,24)8-10/h5-6,9-10H,1-4,7-8H2,(H,19,20). The summed E-state index contributed by atoms with van der Waals surface area (Å²) in [6.07, 6.45) is 0.0181. The summed E-state index contributed by atoms with van der Waals surface area (Å²) >= 11 is 11.9. The number of halogens is 2. The van der Waals surface area contributed by atoms with Crippen LogP contribution in [0.15, 0.2) is 17.0 Å². The molecule has 2 fully saturated rings. The average Bonchev–Trinajstić information content (AvgIpc) is 3.08. The molecule has 29 heavy (non-hydrogen) atoms. The highest BCUT2D eigenvalue weighted by Crippen LogP contribution is 2.36. The second-order valence-corrected chi connectivity index (χ2v) is 14.1. The van der Waals surface area contributed by atoms with Crippen molar-refractivity contribution in [3.63, 3.8) is 0 Å². The number of benzene rings is 1. The third-order valence-electron chi connectivity index (χ3n) is 4.94. The highest BCUT2D eigenvalue weighted by Gasteiger charge is 2.46. The molecule has 0 amide bonds. The summed E-state index contributed by atoms with van der Waals surface area (Å²) in [5, 5.41) is 8.65. The van der Waals surface area contributed by atoms with Gasteiger partial charge in [0.15, 0.2) is 19.7 Å². The Kier molecular flexibility index (Phi) is 6.00. The smallest absolute Gasteiger partial charge is 0.337 e. The largest absolute Gasteiger partial charge is 0.478 e. The van der Waals surface area contributed by atoms with E-state index >= 15 is 0 Å². The van der Waals surface area contributed by atoms with Crippen molar-refractivity contribution in [1.29, 1.82) is 0 Å². The number of hydrogen-bond acceptors (Lipinski definition) is 7. The molecule has 0 spiro atoms. The molecule has 2 aliphatic rings. The average molecular weight is 506 g/mol. The van der Waals surface area contributed by atoms with E-state index < -0.39 is 69.7 Å². The molecule has 0 bridgehead atoms. The summed E-state index contributed by atoms with van der Waals surface area (Å²) in [4.78, 5) is 10.8. The molecule has 0 radical (unpaired) electrons. The van der Waals surface area contributed by atoms with Crippen molar-refractivity contribution in [1.82, 2.24) is 4.31 Å². The number of carboxylic acid groups (broad SMARTS) is 1. The molecule has 0 saturated carbocycles. The number of carbonyl (C=O) groups is 1. The molecule has 1 aromatic carbocycles. The van der Waals surface area contributed by atoms with Gasteiger partial charge in [0.25, 0.3) is 0 Å². The maximum atomic E-state index is 13.5. The molecule has 162 valence electrons. The summed E-state index contributed by atoms with van der Waals surface area (Å²) in [7, 11) is -11.5. The van der Waals surface area contributed by atoms with Gasteiger partial charge in [0.2, 0.25) is 10.0 Å². The lowest BCUT2D eigenvalue weighted by atomic mass is 10.2. The van der Waals surface area contributed by atoms with Gasteiger partial charge in [-0.3, -0.25) is 0 Å². The molecule has 14 heteroatoms. The van der Waals surface area contributed by atoms with Crippen molar-refractivity contribution in [3.05, 3.63) is 27.7 Å². The van der Waals surface area contributed by atoms with E-state index in [4.69, 9.17) is 23.2 Å². The lowest BCUT2D eigenvalue weighted by Gasteiger charge is -2.32. The first kappa shape index (κ1) is 22.8. The van der Waals surface area contributed by atoms with E-state index in [1.165, 1.54) is 0 Å². The zero-order valence-corrected chi connectivity index (χ0v) is 18.7. The third-order valence-corrected chi connectivity index (χ3v) is 11.2. The summed E-state index contributed by atoms with van der Waals surface area (Å²) in [5.74, 6) is -2.81. The zero-order chi connectivity index (χ0) is 21.8. The molecule has 0 aromatic heterocycles. The highest BCUT2D eigenvalue weighted by molar-refractivity contribution is 7.92. The predicted octanol–water partition coefficient (Wildman–Crippen LogP) is 1.06. The van der Waals surface area contributed by atoms with Crippen LogP contribution in [0.4, 0.5) is 0 Å². The van der Waals surface area contributed by atoms with Crippen LogP contribution >= 0.6 is 23.2 Å². The molecule has 0 aliphatic carbocycles. The fourth-order valence-corrected chi connectivity index (χ4v) is 9.96. The van der Waals surface area contributed by atoms with Crippen molar-refractivity contribution in [2.24, 2.45) is 0 Å². The molecule has 2 atom stereocenters. The topological polar surface area (TPSA) is 143 Å². The van der Waals surface area contributed by atoms with Crippen LogP contribution in [0, 0.1) is 0 Å². The number of hydrogen-bond donors (Lipinski definition) is 1. The van der Waals surface area contributed by atoms with E-state index in [0.717, 1.165) is 16.4 Å². The number of aromatic carboxylic acids is 1. The maximum absolute atomic E-state index is 13.5. The summed E-state index contributed by atoms with van der Waals surface area (Å²) in [5.41, 5.74) is -0.493. The van der Waals surface area contributed by atoms with Gasteiger partial charge < -0.3 is 5.11 Å². The van der Waals surface area contributed by atoms with Crippen LogP contribution in [0.2, 0.25) is 10.0 Å². The Labute approximate surface area is 178 Å². The fraction of sp³-hybridized carbons (Fsp3) is 0.533. The van der Waals surface area contributed by atoms with Crippen molar-refractivity contribution >= 4 is 58.9 Å². The fourth-order valence-electron chi connectivity index (χ4n) is 3.65. The SMILES string of the molecule is O=C(O)c1cc(S(=O)(=O)N(C2CCS(=O)(=O)C2)C2CCS(=O)(=O)C2)c(Cl)cc1Cl. The molecule has 1 aromatic rings. The van der Waals surface area contributed by atoms with Gasteiger partial charge in [0.05, 0.1) is 38.6 Å². The molecule has 9 nitrogen and oxygen atoms in total. The van der Waals surface area contributed by atoms with E-state index in [-0.39, 0.29) is 34.4 Å². The Hall–Kier alpha value is -0.920. The van der Waals surface area contributed by atoms with Crippen LogP contribution in [0.25, 0.3) is 0 Å². The van der Waals surface area contributed by atoms with E-state index in [1.807, 2.05) is 0 Å². The summed E-state index contributed by atoms with van der Waals surface area (Å²) in [6.45, 7) is 0. The number of carboxylic acids is 1. The number of sulfonamides is 1. The minimum absolute atomic E-state index is 0.00904. The second kappa shape index (κ2) is 7.65. The van der Waals surface area contributed by atoms with Crippen LogP contribution in [-0.2, 0) is 29.7 Å². The van der Waals surface area contributed by atoms with Gasteiger partial charge in [-0.25, -0.2) is 30.0 Å². The Morgan fingerprint density at radius 1 is 0.966 bits per heavy atom. The van der Waals surface area contributed by atoms with Crippen molar-refractivity contribution in [2.75, 3.05) is 23.0 Å². The lowest BCUT2D eigenvalue weighted by molar-refractivity contribution is 0.0696. The first-order valence-electron chi connectivity index (χ1n) is 8.40. The number of sulfone groups is 2. The Balaban J connectivity index is 2.15. The molecule has 2 aliphatic heterocycles. The van der Waals surface area contributed by atoms with Gasteiger partial charge in [0, 0.05) is 12.1 Å². The Morgan fingerprint density at radius 2 is 1.45 bits per heavy atom. The molecule has 2 saturated heterocycles. The normalized spacial score (nSPS) is 26.0. The zero-order valence-electron chi connectivity index (χ0n) is 14.8. The molecule has 1 N–H and O–H groups in total. The molecule has 2 unspecified atom stereocenters. The van der Waals surface area contributed by atoms with Gasteiger partial charge in [-0.1, -0.05) is 23.2 Å². The predicted molar refractivity (Wildman–Crippen MR) is 107 cm³/mol. The maximum Gasteiger partial charge on any atom is 0.337 e. The van der Waals surface area contributed by atoms with Gasteiger partial charge >= 0.3 is 5.97 Å². The van der Waals surface area contributed by atoms with E-state index in [0.29, 0.717) is 0 Å². The second-order valence-electron chi connectivity index (χ2n) is 7.02. The quantitative estimate of drug-likeness (QED) is 0.625. The van der Waals surface area contributed by atoms with Crippen LogP contribution in [0.1, 0.15) is 23.2 Å². The first-order chi connectivity index (χ1) is 13.2. The van der Waals surface area contributed by atoms with Gasteiger partial charge in [-0.2, -0.15) is 4.31 Å². The molecule has 2 heterocycles. The number of rotatable bonds is 5. The van der Waals surface area contributed by atoms with E-state index in [2.05, 4.69) is 0 Å². The van der Waals surface area contributed by atoms with Crippen molar-refractivity contribution in [3.8, 4) is 0 Å². The van der Waals surface area contributed by atoms with Crippen molar-refractivity contribution < 1.29 is 35.2 Å². The molecule has 3 rings (SSSR count). The third kappa shape index (κ3) is 4.57. The van der Waals surface area contributed by atoms with Gasteiger partial charge in [0.1, 0.15) is 4.90 Å². The van der Waals surface area contributed by atoms with Crippen molar-refractivity contribution in [2.45, 2.75) is 29.8 Å². The van der Waals surface area contributed by atoms with Gasteiger partial charge in [-0.05, 0) is 25.0 Å². The minimum Gasteiger partial charge on any atom is -0.478 e. The molecular formula is C15H17Cl2NO8S3. The Morgan fingerprint density at radius 3 is 1.83 bits per heavy atom. The monoisotopic (exact) mass is 505 g/mol. The van der Waals surface area contributed by atoms with Crippen LogP contribution in [0.3, 0.4) is 0 Å². The molecular weight excluding hydrogens is 489 g/mol. The Bertz CT molecular complexity index is 1130. The lowest BCUT2D eigenvalue weighted by Crippen LogP contribution is -2.48. The minimum atomic E-state index is -4.52. The highest BCUT2D eigenvalue weighted by atomic mass is 35.5. The van der Waals surface area contributed by atoms with Gasteiger partial charge in [-0.15, -0.1) is 0 Å². The number of nitrogens with zero attached hydrogens (tertiary/aromatic N) is 1. The first-order valence-corrected chi connectivity index (χ1v) is 14.2.